The lowest BCUT2D eigenvalue weighted by Crippen LogP contribution is -2.18. The number of ether oxygens (including phenoxy) is 3. The van der Waals surface area contributed by atoms with Crippen molar-refractivity contribution in [1.82, 2.24) is 0 Å². The van der Waals surface area contributed by atoms with E-state index in [1.807, 2.05) is 12.1 Å². The van der Waals surface area contributed by atoms with Gasteiger partial charge in [-0.1, -0.05) is 33.6 Å². The summed E-state index contributed by atoms with van der Waals surface area (Å²) in [7, 11) is 1.39. The van der Waals surface area contributed by atoms with Crippen LogP contribution in [-0.4, -0.2) is 19.7 Å². The molecule has 0 saturated heterocycles. The van der Waals surface area contributed by atoms with Gasteiger partial charge in [0.15, 0.2) is 18.1 Å². The Morgan fingerprint density at radius 1 is 1.35 bits per heavy atom. The van der Waals surface area contributed by atoms with E-state index >= 15 is 0 Å². The third-order valence-corrected chi connectivity index (χ3v) is 3.50. The second-order valence-electron chi connectivity index (χ2n) is 4.32. The number of rotatable bonds is 5. The van der Waals surface area contributed by atoms with Gasteiger partial charge in [0, 0.05) is 10.5 Å². The highest BCUT2D eigenvalue weighted by Gasteiger charge is 2.16. The lowest BCUT2D eigenvalue weighted by atomic mass is 10.2. The maximum Gasteiger partial charge on any atom is 0.349 e. The normalized spacial score (nSPS) is 9.83. The summed E-state index contributed by atoms with van der Waals surface area (Å²) in [6, 6.07) is 11.8. The van der Waals surface area contributed by atoms with Crippen molar-refractivity contribution in [1.29, 1.82) is 5.26 Å². The Labute approximate surface area is 146 Å². The van der Waals surface area contributed by atoms with Crippen LogP contribution in [0, 0.1) is 11.3 Å². The van der Waals surface area contributed by atoms with Gasteiger partial charge in [0.1, 0.15) is 5.75 Å². The summed E-state index contributed by atoms with van der Waals surface area (Å²) < 4.78 is 16.4. The topological polar surface area (TPSA) is 68.5 Å². The largest absolute Gasteiger partial charge is 0.493 e. The molecule has 0 aliphatic heterocycles. The molecule has 0 bridgehead atoms. The highest BCUT2D eigenvalue weighted by molar-refractivity contribution is 9.10. The molecule has 0 aliphatic rings. The molecule has 0 atom stereocenters. The number of benzene rings is 2. The van der Waals surface area contributed by atoms with Crippen molar-refractivity contribution in [3.8, 4) is 23.3 Å². The lowest BCUT2D eigenvalue weighted by Gasteiger charge is -2.12. The van der Waals surface area contributed by atoms with Crippen LogP contribution in [0.5, 0.6) is 17.2 Å². The van der Waals surface area contributed by atoms with Crippen LogP contribution in [0.1, 0.15) is 5.56 Å². The first kappa shape index (κ1) is 17.1. The summed E-state index contributed by atoms with van der Waals surface area (Å²) in [5, 5.41) is 9.00. The van der Waals surface area contributed by atoms with Crippen LogP contribution < -0.4 is 14.2 Å². The van der Waals surface area contributed by atoms with Gasteiger partial charge >= 0.3 is 5.97 Å². The number of carbonyl (C=O) groups is 1. The van der Waals surface area contributed by atoms with Gasteiger partial charge in [0.2, 0.25) is 0 Å². The summed E-state index contributed by atoms with van der Waals surface area (Å²) >= 11 is 9.33. The third kappa shape index (κ3) is 4.62. The average Bonchev–Trinajstić information content (AvgIpc) is 2.54. The zero-order chi connectivity index (χ0) is 16.8. The van der Waals surface area contributed by atoms with Crippen molar-refractivity contribution in [2.24, 2.45) is 0 Å². The second-order valence-corrected chi connectivity index (χ2v) is 5.64. The van der Waals surface area contributed by atoms with E-state index in [0.29, 0.717) is 11.3 Å². The number of nitrogens with zero attached hydrogens (tertiary/aromatic N) is 1. The molecule has 0 aliphatic carbocycles. The number of carbonyl (C=O) groups excluding carboxylic acids is 1. The lowest BCUT2D eigenvalue weighted by molar-refractivity contribution is -0.136. The molecule has 0 saturated carbocycles. The fourth-order valence-electron chi connectivity index (χ4n) is 1.73. The van der Waals surface area contributed by atoms with Gasteiger partial charge < -0.3 is 14.2 Å². The van der Waals surface area contributed by atoms with Crippen LogP contribution in [0.15, 0.2) is 40.9 Å². The van der Waals surface area contributed by atoms with Gasteiger partial charge in [0.05, 0.1) is 23.8 Å². The molecule has 0 spiro atoms. The van der Waals surface area contributed by atoms with Crippen LogP contribution in [0.3, 0.4) is 0 Å². The summed E-state index contributed by atoms with van der Waals surface area (Å²) in [6.07, 6.45) is 0. The van der Waals surface area contributed by atoms with E-state index in [4.69, 9.17) is 31.1 Å². The Bertz CT molecular complexity index is 773. The minimum atomic E-state index is -0.644. The van der Waals surface area contributed by atoms with Crippen molar-refractivity contribution in [3.63, 3.8) is 0 Å². The molecule has 2 aromatic rings. The van der Waals surface area contributed by atoms with E-state index in [2.05, 4.69) is 15.9 Å². The monoisotopic (exact) mass is 395 g/mol. The SMILES string of the molecule is COc1cc(C#N)cc(Cl)c1OC(=O)COc1cccc(Br)c1. The zero-order valence-electron chi connectivity index (χ0n) is 12.0. The minimum Gasteiger partial charge on any atom is -0.493 e. The van der Waals surface area contributed by atoms with Gasteiger partial charge in [0.25, 0.3) is 0 Å². The van der Waals surface area contributed by atoms with Gasteiger partial charge in [-0.3, -0.25) is 0 Å². The maximum atomic E-state index is 11.9. The Morgan fingerprint density at radius 3 is 2.78 bits per heavy atom. The summed E-state index contributed by atoms with van der Waals surface area (Å²) in [4.78, 5) is 11.9. The summed E-state index contributed by atoms with van der Waals surface area (Å²) in [6.45, 7) is -0.296. The maximum absolute atomic E-state index is 11.9. The van der Waals surface area contributed by atoms with Gasteiger partial charge in [-0.15, -0.1) is 0 Å². The molecular formula is C16H11BrClNO4. The quantitative estimate of drug-likeness (QED) is 0.565. The number of hydrogen-bond acceptors (Lipinski definition) is 5. The Morgan fingerprint density at radius 2 is 2.13 bits per heavy atom. The van der Waals surface area contributed by atoms with Crippen molar-refractivity contribution in [2.75, 3.05) is 13.7 Å². The van der Waals surface area contributed by atoms with Crippen molar-refractivity contribution in [3.05, 3.63) is 51.5 Å². The molecule has 118 valence electrons. The van der Waals surface area contributed by atoms with Crippen molar-refractivity contribution < 1.29 is 19.0 Å². The highest BCUT2D eigenvalue weighted by atomic mass is 79.9. The van der Waals surface area contributed by atoms with Gasteiger partial charge in [-0.25, -0.2) is 4.79 Å². The Balaban J connectivity index is 2.07. The number of esters is 1. The van der Waals surface area contributed by atoms with Crippen molar-refractivity contribution in [2.45, 2.75) is 0 Å². The zero-order valence-corrected chi connectivity index (χ0v) is 14.3. The van der Waals surface area contributed by atoms with Gasteiger partial charge in [-0.05, 0) is 24.3 Å². The number of nitriles is 1. The molecule has 2 aromatic carbocycles. The van der Waals surface area contributed by atoms with Crippen LogP contribution in [0.4, 0.5) is 0 Å². The first-order valence-electron chi connectivity index (χ1n) is 6.40. The highest BCUT2D eigenvalue weighted by Crippen LogP contribution is 2.36. The predicted octanol–water partition coefficient (Wildman–Crippen LogP) is 3.97. The van der Waals surface area contributed by atoms with Crippen LogP contribution in [0.2, 0.25) is 5.02 Å². The van der Waals surface area contributed by atoms with Gasteiger partial charge in [-0.2, -0.15) is 5.26 Å². The molecule has 0 N–H and O–H groups in total. The molecule has 0 radical (unpaired) electrons. The van der Waals surface area contributed by atoms with E-state index in [0.717, 1.165) is 4.47 Å². The number of halogens is 2. The van der Waals surface area contributed by atoms with E-state index < -0.39 is 5.97 Å². The molecule has 0 heterocycles. The van der Waals surface area contributed by atoms with Crippen LogP contribution in [-0.2, 0) is 4.79 Å². The fraction of sp³-hybridized carbons (Fsp3) is 0.125. The fourth-order valence-corrected chi connectivity index (χ4v) is 2.35. The predicted molar refractivity (Wildman–Crippen MR) is 88.0 cm³/mol. The Hall–Kier alpha value is -2.23. The van der Waals surface area contributed by atoms with E-state index in [9.17, 15) is 4.79 Å². The number of hydrogen-bond donors (Lipinski definition) is 0. The summed E-state index contributed by atoms with van der Waals surface area (Å²) in [5.74, 6) is 0.130. The molecule has 5 nitrogen and oxygen atoms in total. The van der Waals surface area contributed by atoms with Crippen molar-refractivity contribution >= 4 is 33.5 Å². The van der Waals surface area contributed by atoms with E-state index in [1.165, 1.54) is 19.2 Å². The summed E-state index contributed by atoms with van der Waals surface area (Å²) in [5.41, 5.74) is 0.303. The molecule has 7 heteroatoms. The molecule has 0 fully saturated rings. The van der Waals surface area contributed by atoms with Crippen LogP contribution in [0.25, 0.3) is 0 Å². The van der Waals surface area contributed by atoms with E-state index in [1.54, 1.807) is 18.2 Å². The third-order valence-electron chi connectivity index (χ3n) is 2.73. The first-order valence-corrected chi connectivity index (χ1v) is 7.57. The molecular weight excluding hydrogens is 386 g/mol. The molecule has 0 unspecified atom stereocenters. The molecule has 23 heavy (non-hydrogen) atoms. The Kier molecular flexibility index (Phi) is 5.85. The number of methoxy groups -OCH3 is 1. The average molecular weight is 397 g/mol. The second kappa shape index (κ2) is 7.86. The molecule has 0 aromatic heterocycles. The molecule has 2 rings (SSSR count). The van der Waals surface area contributed by atoms with Crippen LogP contribution >= 0.6 is 27.5 Å². The van der Waals surface area contributed by atoms with E-state index in [-0.39, 0.29) is 23.1 Å². The first-order chi connectivity index (χ1) is 11.0. The molecule has 0 amide bonds. The smallest absolute Gasteiger partial charge is 0.349 e. The minimum absolute atomic E-state index is 0.0519. The standard InChI is InChI=1S/C16H11BrClNO4/c1-21-14-6-10(8-19)5-13(18)16(14)23-15(20)9-22-12-4-2-3-11(17)7-12/h2-7H,9H2,1H3.